The number of anilines is 2. The number of piperidine rings is 1. The number of halogens is 1. The van der Waals surface area contributed by atoms with Crippen molar-refractivity contribution in [1.82, 2.24) is 24.9 Å². The highest BCUT2D eigenvalue weighted by Crippen LogP contribution is 2.25. The fraction of sp³-hybridized carbons (Fsp3) is 0.333. The van der Waals surface area contributed by atoms with Gasteiger partial charge in [0.05, 0.1) is 9.99 Å². The number of H-pyrrole nitrogens is 1. The van der Waals surface area contributed by atoms with Gasteiger partial charge in [-0.15, -0.1) is 0 Å². The first kappa shape index (κ1) is 14.4. The van der Waals surface area contributed by atoms with Crippen molar-refractivity contribution in [2.24, 2.45) is 0 Å². The normalized spacial score (nSPS) is 18.3. The van der Waals surface area contributed by atoms with Gasteiger partial charge in [0.25, 0.3) is 0 Å². The predicted molar refractivity (Wildman–Crippen MR) is 92.5 cm³/mol. The number of aromatic amines is 1. The van der Waals surface area contributed by atoms with Gasteiger partial charge < -0.3 is 15.2 Å². The van der Waals surface area contributed by atoms with Crippen molar-refractivity contribution in [3.63, 3.8) is 0 Å². The van der Waals surface area contributed by atoms with Crippen LogP contribution in [0.25, 0.3) is 11.0 Å². The number of rotatable bonds is 3. The second-order valence-corrected chi connectivity index (χ2v) is 6.43. The van der Waals surface area contributed by atoms with Crippen molar-refractivity contribution >= 4 is 38.7 Å². The molecule has 1 saturated heterocycles. The van der Waals surface area contributed by atoms with E-state index in [1.807, 2.05) is 12.1 Å². The summed E-state index contributed by atoms with van der Waals surface area (Å²) < 4.78 is 0.902. The minimum absolute atomic E-state index is 0.305. The van der Waals surface area contributed by atoms with E-state index in [1.54, 1.807) is 18.7 Å². The third-order valence-corrected chi connectivity index (χ3v) is 4.42. The standard InChI is InChI=1S/C15H16BrN7/c16-12-7-11-13(19-9-20-14(11)22-12)21-10-3-1-6-23(8-10)15-17-4-2-5-18-15/h2,4-5,7,9-10H,1,3,6,8H2,(H2,19,20,21,22). The van der Waals surface area contributed by atoms with Gasteiger partial charge in [-0.1, -0.05) is 0 Å². The van der Waals surface area contributed by atoms with Gasteiger partial charge in [-0.25, -0.2) is 19.9 Å². The molecule has 2 N–H and O–H groups in total. The Morgan fingerprint density at radius 1 is 1.22 bits per heavy atom. The van der Waals surface area contributed by atoms with E-state index in [2.05, 4.69) is 51.1 Å². The minimum atomic E-state index is 0.305. The third kappa shape index (κ3) is 2.98. The highest BCUT2D eigenvalue weighted by Gasteiger charge is 2.22. The van der Waals surface area contributed by atoms with E-state index in [9.17, 15) is 0 Å². The van der Waals surface area contributed by atoms with E-state index in [1.165, 1.54) is 0 Å². The molecule has 4 rings (SSSR count). The molecule has 0 aliphatic carbocycles. The molecular weight excluding hydrogens is 358 g/mol. The molecule has 3 aromatic rings. The summed E-state index contributed by atoms with van der Waals surface area (Å²) in [4.78, 5) is 22.7. The number of hydrogen-bond donors (Lipinski definition) is 2. The number of fused-ring (bicyclic) bond motifs is 1. The molecule has 8 heteroatoms. The Hall–Kier alpha value is -2.22. The summed E-state index contributed by atoms with van der Waals surface area (Å²) in [6.07, 6.45) is 7.34. The zero-order chi connectivity index (χ0) is 15.6. The summed E-state index contributed by atoms with van der Waals surface area (Å²) in [5.41, 5.74) is 0.827. The van der Waals surface area contributed by atoms with Crippen LogP contribution in [-0.4, -0.2) is 44.1 Å². The van der Waals surface area contributed by atoms with Crippen molar-refractivity contribution in [3.8, 4) is 0 Å². The Balaban J connectivity index is 1.54. The fourth-order valence-electron chi connectivity index (χ4n) is 2.95. The maximum atomic E-state index is 4.40. The number of nitrogens with one attached hydrogen (secondary N) is 2. The summed E-state index contributed by atoms with van der Waals surface area (Å²) in [5, 5.41) is 4.54. The van der Waals surface area contributed by atoms with Gasteiger partial charge in [0, 0.05) is 31.5 Å². The van der Waals surface area contributed by atoms with Crippen LogP contribution in [0.1, 0.15) is 12.8 Å². The van der Waals surface area contributed by atoms with Gasteiger partial charge in [-0.2, -0.15) is 0 Å². The quantitative estimate of drug-likeness (QED) is 0.734. The molecule has 1 atom stereocenters. The molecule has 118 valence electrons. The molecule has 1 aliphatic heterocycles. The first-order valence-corrected chi connectivity index (χ1v) is 8.36. The number of nitrogens with zero attached hydrogens (tertiary/aromatic N) is 5. The van der Waals surface area contributed by atoms with Crippen LogP contribution >= 0.6 is 15.9 Å². The number of hydrogen-bond acceptors (Lipinski definition) is 6. The molecule has 0 saturated carbocycles. The first-order chi connectivity index (χ1) is 11.3. The molecule has 23 heavy (non-hydrogen) atoms. The molecule has 0 spiro atoms. The first-order valence-electron chi connectivity index (χ1n) is 7.57. The highest BCUT2D eigenvalue weighted by atomic mass is 79.9. The van der Waals surface area contributed by atoms with Gasteiger partial charge in [0.2, 0.25) is 5.95 Å². The minimum Gasteiger partial charge on any atom is -0.365 e. The molecule has 0 radical (unpaired) electrons. The Morgan fingerprint density at radius 2 is 2.09 bits per heavy atom. The van der Waals surface area contributed by atoms with E-state index in [0.29, 0.717) is 6.04 Å². The average molecular weight is 374 g/mol. The van der Waals surface area contributed by atoms with Crippen LogP contribution in [0.4, 0.5) is 11.8 Å². The second kappa shape index (κ2) is 6.11. The zero-order valence-electron chi connectivity index (χ0n) is 12.4. The lowest BCUT2D eigenvalue weighted by molar-refractivity contribution is 0.522. The van der Waals surface area contributed by atoms with E-state index in [-0.39, 0.29) is 0 Å². The van der Waals surface area contributed by atoms with Gasteiger partial charge in [-0.3, -0.25) is 0 Å². The molecule has 1 fully saturated rings. The second-order valence-electron chi connectivity index (χ2n) is 5.58. The van der Waals surface area contributed by atoms with E-state index in [0.717, 1.165) is 53.3 Å². The smallest absolute Gasteiger partial charge is 0.225 e. The average Bonchev–Trinajstić information content (AvgIpc) is 2.97. The molecular formula is C15H16BrN7. The van der Waals surface area contributed by atoms with E-state index in [4.69, 9.17) is 0 Å². The molecule has 1 unspecified atom stereocenters. The summed E-state index contributed by atoms with van der Waals surface area (Å²) in [6.45, 7) is 1.85. The van der Waals surface area contributed by atoms with Gasteiger partial charge >= 0.3 is 0 Å². The lowest BCUT2D eigenvalue weighted by atomic mass is 10.1. The fourth-order valence-corrected chi connectivity index (χ4v) is 3.36. The van der Waals surface area contributed by atoms with Crippen molar-refractivity contribution in [3.05, 3.63) is 35.5 Å². The van der Waals surface area contributed by atoms with Crippen LogP contribution in [0.5, 0.6) is 0 Å². The maximum absolute atomic E-state index is 4.40. The zero-order valence-corrected chi connectivity index (χ0v) is 14.0. The lowest BCUT2D eigenvalue weighted by Gasteiger charge is -2.33. The summed E-state index contributed by atoms with van der Waals surface area (Å²) in [6, 6.07) is 4.14. The van der Waals surface area contributed by atoms with Crippen molar-refractivity contribution in [2.45, 2.75) is 18.9 Å². The van der Waals surface area contributed by atoms with Crippen molar-refractivity contribution in [1.29, 1.82) is 0 Å². The predicted octanol–water partition coefficient (Wildman–Crippen LogP) is 2.59. The molecule has 4 heterocycles. The van der Waals surface area contributed by atoms with Crippen LogP contribution < -0.4 is 10.2 Å². The number of aromatic nitrogens is 5. The van der Waals surface area contributed by atoms with E-state index >= 15 is 0 Å². The van der Waals surface area contributed by atoms with Gasteiger partial charge in [0.1, 0.15) is 17.8 Å². The molecule has 1 aliphatic rings. The molecule has 0 amide bonds. The highest BCUT2D eigenvalue weighted by molar-refractivity contribution is 9.10. The topological polar surface area (TPSA) is 82.6 Å². The molecule has 0 aromatic carbocycles. The van der Waals surface area contributed by atoms with Crippen LogP contribution in [0.15, 0.2) is 35.5 Å². The van der Waals surface area contributed by atoms with E-state index < -0.39 is 0 Å². The van der Waals surface area contributed by atoms with Crippen LogP contribution in [0, 0.1) is 0 Å². The molecule has 3 aromatic heterocycles. The van der Waals surface area contributed by atoms with Gasteiger partial charge in [-0.05, 0) is 40.9 Å². The van der Waals surface area contributed by atoms with Crippen LogP contribution in [-0.2, 0) is 0 Å². The summed E-state index contributed by atoms with van der Waals surface area (Å²) >= 11 is 3.45. The summed E-state index contributed by atoms with van der Waals surface area (Å²) in [7, 11) is 0. The third-order valence-electron chi connectivity index (χ3n) is 3.99. The SMILES string of the molecule is Brc1cc2c(NC3CCCN(c4ncccn4)C3)ncnc2[nH]1. The van der Waals surface area contributed by atoms with Crippen LogP contribution in [0.3, 0.4) is 0 Å². The maximum Gasteiger partial charge on any atom is 0.225 e. The Morgan fingerprint density at radius 3 is 2.96 bits per heavy atom. The largest absolute Gasteiger partial charge is 0.365 e. The molecule has 7 nitrogen and oxygen atoms in total. The monoisotopic (exact) mass is 373 g/mol. The van der Waals surface area contributed by atoms with Crippen molar-refractivity contribution < 1.29 is 0 Å². The Bertz CT molecular complexity index is 804. The van der Waals surface area contributed by atoms with Gasteiger partial charge in [0.15, 0.2) is 0 Å². The van der Waals surface area contributed by atoms with Crippen molar-refractivity contribution in [2.75, 3.05) is 23.3 Å². The van der Waals surface area contributed by atoms with Crippen LogP contribution in [0.2, 0.25) is 0 Å². The Labute approximate surface area is 141 Å². The molecule has 0 bridgehead atoms. The Kier molecular flexibility index (Phi) is 3.82. The lowest BCUT2D eigenvalue weighted by Crippen LogP contribution is -2.43. The summed E-state index contributed by atoms with van der Waals surface area (Å²) in [5.74, 6) is 1.65.